The van der Waals surface area contributed by atoms with Gasteiger partial charge in [-0.1, -0.05) is 142 Å². The smallest absolute Gasteiger partial charge is 0.409 e. The van der Waals surface area contributed by atoms with Crippen LogP contribution in [0.3, 0.4) is 0 Å². The first-order valence-corrected chi connectivity index (χ1v) is 22.5. The van der Waals surface area contributed by atoms with Crippen molar-refractivity contribution < 1.29 is 37.3 Å². The normalized spacial score (nSPS) is 19.1. The van der Waals surface area contributed by atoms with E-state index in [1.807, 2.05) is 43.9 Å². The number of hydrogen-bond donors (Lipinski definition) is 4. The van der Waals surface area contributed by atoms with Gasteiger partial charge in [-0.3, -0.25) is 19.6 Å². The number of piperazine rings is 4. The Hall–Kier alpha value is -5.71. The Bertz CT molecular complexity index is 1790. The summed E-state index contributed by atoms with van der Waals surface area (Å²) in [6, 6.07) is 41.7. The van der Waals surface area contributed by atoms with Crippen molar-refractivity contribution in [3.63, 3.8) is 0 Å². The van der Waals surface area contributed by atoms with Crippen LogP contribution in [0, 0.1) is 0 Å². The van der Waals surface area contributed by atoms with Crippen LogP contribution in [0.15, 0.2) is 142 Å². The maximum Gasteiger partial charge on any atom is 2.00 e. The predicted octanol–water partition coefficient (Wildman–Crippen LogP) is 4.39. The van der Waals surface area contributed by atoms with Gasteiger partial charge in [-0.15, -0.1) is 0 Å². The van der Waals surface area contributed by atoms with E-state index in [0.717, 1.165) is 131 Å². The predicted molar refractivity (Wildman–Crippen MR) is 250 cm³/mol. The molecule has 16 nitrogen and oxygen atoms in total. The second-order valence-electron chi connectivity index (χ2n) is 16.7. The van der Waals surface area contributed by atoms with Gasteiger partial charge in [0.2, 0.25) is 23.3 Å². The van der Waals surface area contributed by atoms with E-state index in [1.54, 1.807) is 0 Å². The first kappa shape index (κ1) is 48.7. The van der Waals surface area contributed by atoms with Gasteiger partial charge in [0, 0.05) is 131 Å². The van der Waals surface area contributed by atoms with Crippen molar-refractivity contribution in [2.45, 2.75) is 26.2 Å². The van der Waals surface area contributed by atoms with Gasteiger partial charge in [0.05, 0.1) is 0 Å². The average molecular weight is 932 g/mol. The third-order valence-corrected chi connectivity index (χ3v) is 12.5. The first-order chi connectivity index (χ1) is 31.5. The summed E-state index contributed by atoms with van der Waals surface area (Å²) in [4.78, 5) is 17.6. The van der Waals surface area contributed by atoms with Gasteiger partial charge in [-0.2, -0.15) is 0 Å². The number of benzene rings is 4. The van der Waals surface area contributed by atoms with E-state index in [1.165, 1.54) is 22.3 Å². The number of hydrogen-bond acceptors (Lipinski definition) is 12. The fourth-order valence-corrected chi connectivity index (χ4v) is 8.84. The van der Waals surface area contributed by atoms with Crippen LogP contribution < -0.4 is 0 Å². The maximum absolute atomic E-state index is 9.76. The zero-order valence-corrected chi connectivity index (χ0v) is 38.1. The number of rotatable bonds is 8. The minimum atomic E-state index is 0. The van der Waals surface area contributed by atoms with Crippen molar-refractivity contribution in [3.05, 3.63) is 144 Å². The minimum Gasteiger partial charge on any atom is -0.409 e. The Kier molecular flexibility index (Phi) is 19.3. The summed E-state index contributed by atoms with van der Waals surface area (Å²) in [6.07, 6.45) is 0. The van der Waals surface area contributed by atoms with Gasteiger partial charge < -0.3 is 40.4 Å². The molecule has 0 radical (unpaired) electrons. The van der Waals surface area contributed by atoms with Crippen LogP contribution in [-0.4, -0.2) is 188 Å². The fraction of sp³-hybridized carbons (Fsp3) is 0.417. The molecule has 4 saturated heterocycles. The standard InChI is InChI=1S/2C24H32N6O2.Ni/c2*31-25-23(29-15-11-27(12-16-29)19-21-7-3-1-4-8-21)24(26-32)30-17-13-28(14-18-30)20-22-9-5-2-6-10-22;/h2*1-10,31-32H,11-20H2;/q;;+2/b2*25-23-,26-24-;. The fourth-order valence-electron chi connectivity index (χ4n) is 8.84. The Labute approximate surface area is 393 Å². The second kappa shape index (κ2) is 25.7. The molecule has 4 aromatic carbocycles. The molecule has 0 unspecified atom stereocenters. The molecule has 0 aliphatic carbocycles. The average Bonchev–Trinajstić information content (AvgIpc) is 3.35. The van der Waals surface area contributed by atoms with E-state index in [0.29, 0.717) is 23.3 Å². The van der Waals surface area contributed by atoms with Gasteiger partial charge in [0.1, 0.15) is 0 Å². The largest absolute Gasteiger partial charge is 2.00 e. The van der Waals surface area contributed by atoms with Crippen LogP contribution in [0.25, 0.3) is 0 Å². The third-order valence-electron chi connectivity index (χ3n) is 12.5. The third kappa shape index (κ3) is 14.1. The summed E-state index contributed by atoms with van der Waals surface area (Å²) in [5.74, 6) is 1.40. The molecule has 0 aromatic heterocycles. The molecule has 0 spiro atoms. The van der Waals surface area contributed by atoms with Crippen molar-refractivity contribution in [2.24, 2.45) is 20.6 Å². The molecule has 4 heterocycles. The van der Waals surface area contributed by atoms with E-state index < -0.39 is 0 Å². The molecular weight excluding hydrogens is 867 g/mol. The van der Waals surface area contributed by atoms with Gasteiger partial charge in [0.25, 0.3) is 0 Å². The number of nitrogens with zero attached hydrogens (tertiary/aromatic N) is 12. The Morgan fingerprint density at radius 1 is 0.292 bits per heavy atom. The van der Waals surface area contributed by atoms with E-state index in [9.17, 15) is 20.8 Å². The zero-order chi connectivity index (χ0) is 44.4. The van der Waals surface area contributed by atoms with Gasteiger partial charge >= 0.3 is 16.5 Å². The Morgan fingerprint density at radius 2 is 0.462 bits per heavy atom. The van der Waals surface area contributed by atoms with Crippen LogP contribution in [-0.2, 0) is 42.7 Å². The molecule has 4 aromatic rings. The molecule has 348 valence electrons. The molecule has 4 aliphatic heterocycles. The summed E-state index contributed by atoms with van der Waals surface area (Å²) >= 11 is 0. The molecule has 8 rings (SSSR count). The number of amidine groups is 4. The number of oxime groups is 4. The summed E-state index contributed by atoms with van der Waals surface area (Å²) < 4.78 is 0. The monoisotopic (exact) mass is 930 g/mol. The van der Waals surface area contributed by atoms with Crippen LogP contribution in [0.1, 0.15) is 22.3 Å². The topological polar surface area (TPSA) is 156 Å². The van der Waals surface area contributed by atoms with E-state index in [2.05, 4.69) is 137 Å². The van der Waals surface area contributed by atoms with Crippen molar-refractivity contribution in [1.82, 2.24) is 39.2 Å². The second-order valence-corrected chi connectivity index (χ2v) is 16.7. The van der Waals surface area contributed by atoms with Gasteiger partial charge in [-0.05, 0) is 22.3 Å². The summed E-state index contributed by atoms with van der Waals surface area (Å²) in [7, 11) is 0. The zero-order valence-electron chi connectivity index (χ0n) is 37.2. The van der Waals surface area contributed by atoms with E-state index in [4.69, 9.17) is 0 Å². The quantitative estimate of drug-likeness (QED) is 0.0652. The molecule has 65 heavy (non-hydrogen) atoms. The molecule has 4 aliphatic rings. The van der Waals surface area contributed by atoms with E-state index in [-0.39, 0.29) is 16.5 Å². The molecule has 0 amide bonds. The Balaban J connectivity index is 0.000000212. The van der Waals surface area contributed by atoms with Crippen LogP contribution in [0.5, 0.6) is 0 Å². The SMILES string of the molecule is O/N=C(/C(=N/O)N1CCN(Cc2ccccc2)CC1)N1CCN(Cc2ccccc2)CC1.O/N=C(/C(=N/O)N1CCN(Cc2ccccc2)CC1)N1CCN(Cc2ccccc2)CC1.[Ni+2]. The van der Waals surface area contributed by atoms with Crippen molar-refractivity contribution in [2.75, 3.05) is 105 Å². The molecule has 0 saturated carbocycles. The molecule has 0 atom stereocenters. The van der Waals surface area contributed by atoms with Gasteiger partial charge in [-0.25, -0.2) is 0 Å². The van der Waals surface area contributed by atoms with Crippen molar-refractivity contribution >= 4 is 23.3 Å². The molecule has 4 N–H and O–H groups in total. The Morgan fingerprint density at radius 3 is 0.615 bits per heavy atom. The first-order valence-electron chi connectivity index (χ1n) is 22.5. The van der Waals surface area contributed by atoms with E-state index >= 15 is 0 Å². The van der Waals surface area contributed by atoms with Gasteiger partial charge in [0.15, 0.2) is 0 Å². The maximum atomic E-state index is 9.76. The minimum absolute atomic E-state index is 0. The summed E-state index contributed by atoms with van der Waals surface area (Å²) in [5, 5.41) is 53.2. The van der Waals surface area contributed by atoms with Crippen molar-refractivity contribution in [1.29, 1.82) is 0 Å². The van der Waals surface area contributed by atoms with Crippen LogP contribution in [0.2, 0.25) is 0 Å². The summed E-state index contributed by atoms with van der Waals surface area (Å²) in [5.41, 5.74) is 5.18. The van der Waals surface area contributed by atoms with Crippen LogP contribution in [0.4, 0.5) is 0 Å². The van der Waals surface area contributed by atoms with Crippen LogP contribution >= 0.6 is 0 Å². The van der Waals surface area contributed by atoms with Crippen molar-refractivity contribution in [3.8, 4) is 0 Å². The molecule has 4 fully saturated rings. The molecule has 0 bridgehead atoms. The summed E-state index contributed by atoms with van der Waals surface area (Å²) in [6.45, 7) is 16.3. The molecule has 17 heteroatoms. The molecular formula is C48H64N12NiO4+2.